The van der Waals surface area contributed by atoms with Gasteiger partial charge >= 0.3 is 0 Å². The first-order chi connectivity index (χ1) is 16.6. The van der Waals surface area contributed by atoms with E-state index < -0.39 is 0 Å². The molecule has 6 nitrogen and oxygen atoms in total. The van der Waals surface area contributed by atoms with E-state index in [0.717, 1.165) is 37.5 Å². The number of hydrogen-bond acceptors (Lipinski definition) is 4. The topological polar surface area (TPSA) is 67.2 Å². The highest BCUT2D eigenvalue weighted by Crippen LogP contribution is 2.18. The Morgan fingerprint density at radius 3 is 2.26 bits per heavy atom. The monoisotopic (exact) mass is 472 g/mol. The number of nitrogens with zero attached hydrogens (tertiary/aromatic N) is 3. The Morgan fingerprint density at radius 2 is 1.56 bits per heavy atom. The number of likely N-dealkylation sites (tertiary alicyclic amines) is 1. The second-order valence-electron chi connectivity index (χ2n) is 8.60. The second-order valence-corrected chi connectivity index (χ2v) is 9.03. The molecule has 1 saturated heterocycles. The molecular weight excluding hydrogens is 448 g/mol. The van der Waals surface area contributed by atoms with E-state index in [1.807, 2.05) is 36.4 Å². The van der Waals surface area contributed by atoms with E-state index in [2.05, 4.69) is 27.4 Å². The van der Waals surface area contributed by atoms with Gasteiger partial charge in [-0.05, 0) is 48.7 Å². The molecule has 1 amide bonds. The Morgan fingerprint density at radius 1 is 0.912 bits per heavy atom. The molecule has 1 fully saturated rings. The Kier molecular flexibility index (Phi) is 6.43. The van der Waals surface area contributed by atoms with E-state index in [4.69, 9.17) is 11.6 Å². The summed E-state index contributed by atoms with van der Waals surface area (Å²) < 4.78 is 1.31. The van der Waals surface area contributed by atoms with Crippen molar-refractivity contribution in [3.63, 3.8) is 0 Å². The van der Waals surface area contributed by atoms with Gasteiger partial charge in [0.15, 0.2) is 5.69 Å². The lowest BCUT2D eigenvalue weighted by molar-refractivity contribution is 0.0904. The molecule has 1 N–H and O–H groups in total. The number of carbonyl (C=O) groups is 1. The quantitative estimate of drug-likeness (QED) is 0.466. The highest BCUT2D eigenvalue weighted by atomic mass is 35.5. The van der Waals surface area contributed by atoms with E-state index in [1.54, 1.807) is 30.3 Å². The third kappa shape index (κ3) is 4.74. The molecular formula is C27H25ClN4O2. The zero-order valence-electron chi connectivity index (χ0n) is 18.7. The highest BCUT2D eigenvalue weighted by Gasteiger charge is 2.24. The molecule has 34 heavy (non-hydrogen) atoms. The second kappa shape index (κ2) is 9.79. The van der Waals surface area contributed by atoms with Crippen LogP contribution >= 0.6 is 11.6 Å². The molecule has 7 heteroatoms. The summed E-state index contributed by atoms with van der Waals surface area (Å²) in [5.41, 5.74) is 1.88. The molecule has 4 aromatic rings. The molecule has 0 aliphatic carbocycles. The fourth-order valence-corrected chi connectivity index (χ4v) is 4.56. The van der Waals surface area contributed by atoms with Crippen molar-refractivity contribution in [1.29, 1.82) is 0 Å². The first kappa shape index (κ1) is 22.3. The van der Waals surface area contributed by atoms with Gasteiger partial charge in [0.1, 0.15) is 0 Å². The number of nitrogens with one attached hydrogen (secondary N) is 1. The maximum atomic E-state index is 13.3. The van der Waals surface area contributed by atoms with Crippen molar-refractivity contribution in [2.45, 2.75) is 25.4 Å². The lowest BCUT2D eigenvalue weighted by Crippen LogP contribution is -2.45. The molecule has 3 aromatic carbocycles. The van der Waals surface area contributed by atoms with Gasteiger partial charge in [0.05, 0.1) is 11.1 Å². The number of carbonyl (C=O) groups excluding carboxylic acids is 1. The van der Waals surface area contributed by atoms with Gasteiger partial charge in [-0.1, -0.05) is 60.1 Å². The number of para-hydroxylation sites is 1. The Labute approximate surface area is 202 Å². The highest BCUT2D eigenvalue weighted by molar-refractivity contribution is 6.30. The van der Waals surface area contributed by atoms with Crippen molar-refractivity contribution < 1.29 is 4.79 Å². The van der Waals surface area contributed by atoms with Gasteiger partial charge < -0.3 is 5.32 Å². The predicted molar refractivity (Wildman–Crippen MR) is 135 cm³/mol. The average Bonchev–Trinajstić information content (AvgIpc) is 2.87. The molecule has 0 unspecified atom stereocenters. The molecule has 5 rings (SSSR count). The van der Waals surface area contributed by atoms with E-state index in [0.29, 0.717) is 16.5 Å². The Bertz CT molecular complexity index is 1360. The zero-order chi connectivity index (χ0) is 23.5. The number of amides is 1. The van der Waals surface area contributed by atoms with Crippen molar-refractivity contribution in [2.24, 2.45) is 0 Å². The van der Waals surface area contributed by atoms with Crippen LogP contribution in [0.5, 0.6) is 0 Å². The molecule has 0 bridgehead atoms. The number of hydrogen-bond donors (Lipinski definition) is 1. The van der Waals surface area contributed by atoms with Gasteiger partial charge in [-0.25, -0.2) is 0 Å². The third-order valence-corrected chi connectivity index (χ3v) is 6.52. The van der Waals surface area contributed by atoms with Crippen molar-refractivity contribution in [2.75, 3.05) is 13.1 Å². The van der Waals surface area contributed by atoms with Crippen LogP contribution in [0.3, 0.4) is 0 Å². The minimum absolute atomic E-state index is 0.0617. The fourth-order valence-electron chi connectivity index (χ4n) is 4.44. The summed E-state index contributed by atoms with van der Waals surface area (Å²) in [7, 11) is 0. The number of benzene rings is 3. The molecule has 0 radical (unpaired) electrons. The van der Waals surface area contributed by atoms with Crippen LogP contribution in [0.2, 0.25) is 5.02 Å². The predicted octanol–water partition coefficient (Wildman–Crippen LogP) is 4.43. The van der Waals surface area contributed by atoms with Crippen LogP contribution in [-0.4, -0.2) is 39.7 Å². The fraction of sp³-hybridized carbons (Fsp3) is 0.222. The van der Waals surface area contributed by atoms with Crippen molar-refractivity contribution in [3.05, 3.63) is 105 Å². The van der Waals surface area contributed by atoms with Crippen LogP contribution in [-0.2, 0) is 6.54 Å². The summed E-state index contributed by atoms with van der Waals surface area (Å²) in [6.07, 6.45) is 1.71. The van der Waals surface area contributed by atoms with Gasteiger partial charge in [-0.2, -0.15) is 9.78 Å². The molecule has 0 atom stereocenters. The molecule has 1 aliphatic heterocycles. The summed E-state index contributed by atoms with van der Waals surface area (Å²) in [5.74, 6) is -0.253. The molecule has 0 saturated carbocycles. The van der Waals surface area contributed by atoms with Crippen LogP contribution in [0.4, 0.5) is 0 Å². The lowest BCUT2D eigenvalue weighted by Gasteiger charge is -2.32. The summed E-state index contributed by atoms with van der Waals surface area (Å²) in [4.78, 5) is 28.7. The minimum Gasteiger partial charge on any atom is -0.348 e. The van der Waals surface area contributed by atoms with Crippen molar-refractivity contribution in [1.82, 2.24) is 20.0 Å². The smallest absolute Gasteiger partial charge is 0.279 e. The van der Waals surface area contributed by atoms with Crippen LogP contribution < -0.4 is 10.9 Å². The SMILES string of the molecule is O=C(NC1CCN(Cc2ccc(Cl)cc2)CC1)c1nn(-c2ccccc2)c(=O)c2ccccc12. The van der Waals surface area contributed by atoms with Gasteiger partial charge in [0, 0.05) is 36.1 Å². The first-order valence-electron chi connectivity index (χ1n) is 11.4. The first-order valence-corrected chi connectivity index (χ1v) is 11.8. The largest absolute Gasteiger partial charge is 0.348 e. The number of rotatable bonds is 5. The minimum atomic E-state index is -0.253. The van der Waals surface area contributed by atoms with Crippen LogP contribution in [0.1, 0.15) is 28.9 Å². The normalized spacial score (nSPS) is 14.9. The Balaban J connectivity index is 1.33. The summed E-state index contributed by atoms with van der Waals surface area (Å²) in [6.45, 7) is 2.66. The average molecular weight is 473 g/mol. The van der Waals surface area contributed by atoms with Gasteiger partial charge in [0.25, 0.3) is 11.5 Å². The molecule has 1 aliphatic rings. The van der Waals surface area contributed by atoms with E-state index in [1.165, 1.54) is 10.2 Å². The maximum Gasteiger partial charge on any atom is 0.279 e. The van der Waals surface area contributed by atoms with Crippen molar-refractivity contribution >= 4 is 28.3 Å². The van der Waals surface area contributed by atoms with Crippen molar-refractivity contribution in [3.8, 4) is 5.69 Å². The van der Waals surface area contributed by atoms with Crippen LogP contribution in [0.15, 0.2) is 83.7 Å². The number of piperidine rings is 1. The van der Waals surface area contributed by atoms with Crippen LogP contribution in [0.25, 0.3) is 16.5 Å². The number of fused-ring (bicyclic) bond motifs is 1. The zero-order valence-corrected chi connectivity index (χ0v) is 19.4. The molecule has 0 spiro atoms. The third-order valence-electron chi connectivity index (χ3n) is 6.26. The summed E-state index contributed by atoms with van der Waals surface area (Å²) >= 11 is 5.98. The van der Waals surface area contributed by atoms with E-state index >= 15 is 0 Å². The number of aromatic nitrogens is 2. The van der Waals surface area contributed by atoms with Crippen LogP contribution in [0, 0.1) is 0 Å². The summed E-state index contributed by atoms with van der Waals surface area (Å²) in [6, 6.07) is 24.3. The molecule has 172 valence electrons. The van der Waals surface area contributed by atoms with E-state index in [-0.39, 0.29) is 23.2 Å². The molecule has 2 heterocycles. The van der Waals surface area contributed by atoms with E-state index in [9.17, 15) is 9.59 Å². The maximum absolute atomic E-state index is 13.3. The van der Waals surface area contributed by atoms with Gasteiger partial charge in [-0.15, -0.1) is 0 Å². The van der Waals surface area contributed by atoms with Gasteiger partial charge in [-0.3, -0.25) is 14.5 Å². The summed E-state index contributed by atoms with van der Waals surface area (Å²) in [5, 5.41) is 9.43. The van der Waals surface area contributed by atoms with Gasteiger partial charge in [0.2, 0.25) is 0 Å². The Hall–Kier alpha value is -3.48. The molecule has 1 aromatic heterocycles. The lowest BCUT2D eigenvalue weighted by atomic mass is 10.0. The standard InChI is InChI=1S/C27H25ClN4O2/c28-20-12-10-19(11-13-20)18-31-16-14-21(15-17-31)29-26(33)25-23-8-4-5-9-24(23)27(34)32(30-25)22-6-2-1-3-7-22/h1-13,21H,14-18H2,(H,29,33). The number of halogens is 1.